The Balaban J connectivity index is 1.95. The van der Waals surface area contributed by atoms with Gasteiger partial charge in [-0.05, 0) is 24.6 Å². The van der Waals surface area contributed by atoms with Gasteiger partial charge in [-0.15, -0.1) is 0 Å². The highest BCUT2D eigenvalue weighted by Crippen LogP contribution is 2.36. The third-order valence-corrected chi connectivity index (χ3v) is 4.94. The lowest BCUT2D eigenvalue weighted by atomic mass is 10.0. The second kappa shape index (κ2) is 6.58. The summed E-state index contributed by atoms with van der Waals surface area (Å²) >= 11 is 1.70. The summed E-state index contributed by atoms with van der Waals surface area (Å²) in [6, 6.07) is 7.76. The first-order valence-corrected chi connectivity index (χ1v) is 8.34. The molecule has 1 aromatic carbocycles. The molecule has 0 unspecified atom stereocenters. The number of rotatable bonds is 2. The maximum Gasteiger partial charge on any atom is 0.348 e. The van der Waals surface area contributed by atoms with Gasteiger partial charge in [0.15, 0.2) is 0 Å². The molecule has 0 saturated heterocycles. The number of benzene rings is 1. The van der Waals surface area contributed by atoms with E-state index in [4.69, 9.17) is 4.42 Å². The van der Waals surface area contributed by atoms with Gasteiger partial charge in [-0.1, -0.05) is 12.1 Å². The van der Waals surface area contributed by atoms with Crippen LogP contribution in [0.4, 0.5) is 4.39 Å². The molecule has 1 aromatic heterocycles. The summed E-state index contributed by atoms with van der Waals surface area (Å²) in [6.07, 6.45) is 0.484. The van der Waals surface area contributed by atoms with Crippen LogP contribution in [0.25, 0.3) is 0 Å². The Hall–Kier alpha value is -2.08. The van der Waals surface area contributed by atoms with Gasteiger partial charge in [-0.3, -0.25) is 4.99 Å². The monoisotopic (exact) mass is 333 g/mol. The third kappa shape index (κ3) is 3.47. The van der Waals surface area contributed by atoms with E-state index in [9.17, 15) is 14.3 Å². The van der Waals surface area contributed by atoms with Crippen LogP contribution in [-0.4, -0.2) is 23.1 Å². The highest BCUT2D eigenvalue weighted by atomic mass is 32.2. The van der Waals surface area contributed by atoms with E-state index in [0.29, 0.717) is 24.4 Å². The quantitative estimate of drug-likeness (QED) is 0.914. The molecule has 0 bridgehead atoms. The summed E-state index contributed by atoms with van der Waals surface area (Å²) < 4.78 is 18.2. The maximum absolute atomic E-state index is 13.1. The molecule has 3 rings (SSSR count). The molecule has 1 atom stereocenters. The van der Waals surface area contributed by atoms with Gasteiger partial charge in [-0.2, -0.15) is 11.8 Å². The maximum atomic E-state index is 13.1. The Morgan fingerprint density at radius 1 is 1.35 bits per heavy atom. The molecule has 120 valence electrons. The lowest BCUT2D eigenvalue weighted by molar-refractivity contribution is 0.432. The minimum atomic E-state index is -0.578. The second-order valence-electron chi connectivity index (χ2n) is 5.35. The molecule has 1 aliphatic rings. The lowest BCUT2D eigenvalue weighted by Gasteiger charge is -2.15. The van der Waals surface area contributed by atoms with Gasteiger partial charge in [0.2, 0.25) is 0 Å². The summed E-state index contributed by atoms with van der Waals surface area (Å²) in [6.45, 7) is 2.17. The Kier molecular flexibility index (Phi) is 4.52. The normalized spacial score (nSPS) is 18.3. The lowest BCUT2D eigenvalue weighted by Crippen LogP contribution is -2.17. The molecular formula is C17H16FNO3S. The molecule has 0 aliphatic carbocycles. The van der Waals surface area contributed by atoms with E-state index in [0.717, 1.165) is 11.3 Å². The van der Waals surface area contributed by atoms with Crippen molar-refractivity contribution in [2.45, 2.75) is 18.6 Å². The molecule has 6 heteroatoms. The minimum Gasteiger partial charge on any atom is -0.507 e. The van der Waals surface area contributed by atoms with Crippen molar-refractivity contribution in [3.63, 3.8) is 0 Å². The topological polar surface area (TPSA) is 62.8 Å². The zero-order valence-electron chi connectivity index (χ0n) is 12.6. The summed E-state index contributed by atoms with van der Waals surface area (Å²) in [5.74, 6) is 0.763. The van der Waals surface area contributed by atoms with E-state index in [-0.39, 0.29) is 22.4 Å². The summed E-state index contributed by atoms with van der Waals surface area (Å²) in [5.41, 5.74) is 1.06. The average molecular weight is 333 g/mol. The molecule has 0 fully saturated rings. The first-order valence-electron chi connectivity index (χ1n) is 7.29. The largest absolute Gasteiger partial charge is 0.507 e. The number of aromatic hydroxyl groups is 1. The van der Waals surface area contributed by atoms with Crippen LogP contribution in [0.3, 0.4) is 0 Å². The van der Waals surface area contributed by atoms with E-state index in [2.05, 4.69) is 4.99 Å². The van der Waals surface area contributed by atoms with Crippen LogP contribution < -0.4 is 5.63 Å². The molecule has 0 radical (unpaired) electrons. The molecule has 0 amide bonds. The molecule has 2 aromatic rings. The van der Waals surface area contributed by atoms with E-state index in [1.807, 2.05) is 0 Å². The highest BCUT2D eigenvalue weighted by molar-refractivity contribution is 7.99. The van der Waals surface area contributed by atoms with Gasteiger partial charge in [-0.25, -0.2) is 9.18 Å². The van der Waals surface area contributed by atoms with Crippen LogP contribution in [-0.2, 0) is 0 Å². The van der Waals surface area contributed by atoms with E-state index in [1.54, 1.807) is 30.8 Å². The molecule has 23 heavy (non-hydrogen) atoms. The van der Waals surface area contributed by atoms with Gasteiger partial charge in [0.25, 0.3) is 0 Å². The van der Waals surface area contributed by atoms with Gasteiger partial charge in [0, 0.05) is 30.0 Å². The third-order valence-electron chi connectivity index (χ3n) is 3.68. The van der Waals surface area contributed by atoms with Crippen LogP contribution in [0.1, 0.15) is 28.6 Å². The predicted octanol–water partition coefficient (Wildman–Crippen LogP) is 3.46. The zero-order valence-corrected chi connectivity index (χ0v) is 13.4. The Morgan fingerprint density at radius 2 is 2.09 bits per heavy atom. The number of thioether (sulfide) groups is 1. The van der Waals surface area contributed by atoms with Gasteiger partial charge in [0.05, 0.1) is 5.71 Å². The number of hydrogen-bond donors (Lipinski definition) is 1. The first kappa shape index (κ1) is 15.8. The summed E-state index contributed by atoms with van der Waals surface area (Å²) in [4.78, 5) is 16.5. The SMILES string of the molecule is Cc1cc(O)c(C2=NCCS[C@H](c3ccc(F)cc3)C2)c(=O)o1. The van der Waals surface area contributed by atoms with E-state index >= 15 is 0 Å². The fourth-order valence-corrected chi connectivity index (χ4v) is 3.72. The van der Waals surface area contributed by atoms with Crippen molar-refractivity contribution in [3.8, 4) is 5.75 Å². The standard InChI is InChI=1S/C17H16FNO3S/c1-10-8-14(20)16(17(21)22-10)13-9-15(23-7-6-19-13)11-2-4-12(18)5-3-11/h2-5,8,15,20H,6-7,9H2,1H3/t15-/m0/s1. The minimum absolute atomic E-state index is 0.0527. The van der Waals surface area contributed by atoms with Gasteiger partial charge in [0.1, 0.15) is 22.9 Å². The van der Waals surface area contributed by atoms with E-state index in [1.165, 1.54) is 18.2 Å². The smallest absolute Gasteiger partial charge is 0.348 e. The fourth-order valence-electron chi connectivity index (χ4n) is 2.61. The average Bonchev–Trinajstić information content (AvgIpc) is 2.73. The van der Waals surface area contributed by atoms with Crippen molar-refractivity contribution < 1.29 is 13.9 Å². The molecule has 0 saturated carbocycles. The molecule has 1 aliphatic heterocycles. The summed E-state index contributed by atoms with van der Waals surface area (Å²) in [5, 5.41) is 10.2. The number of hydrogen-bond acceptors (Lipinski definition) is 5. The van der Waals surface area contributed by atoms with Crippen LogP contribution in [0.15, 0.2) is 44.5 Å². The van der Waals surface area contributed by atoms with Crippen LogP contribution in [0.2, 0.25) is 0 Å². The molecular weight excluding hydrogens is 317 g/mol. The Bertz CT molecular complexity index is 798. The molecule has 0 spiro atoms. The van der Waals surface area contributed by atoms with Crippen molar-refractivity contribution in [1.82, 2.24) is 0 Å². The second-order valence-corrected chi connectivity index (χ2v) is 6.66. The van der Waals surface area contributed by atoms with Crippen molar-refractivity contribution in [3.05, 3.63) is 63.5 Å². The molecule has 4 nitrogen and oxygen atoms in total. The predicted molar refractivity (Wildman–Crippen MR) is 89.0 cm³/mol. The van der Waals surface area contributed by atoms with Crippen LogP contribution in [0.5, 0.6) is 5.75 Å². The first-order chi connectivity index (χ1) is 11.0. The number of aryl methyl sites for hydroxylation is 1. The number of halogens is 1. The van der Waals surface area contributed by atoms with Gasteiger partial charge >= 0.3 is 5.63 Å². The van der Waals surface area contributed by atoms with Crippen molar-refractivity contribution >= 4 is 17.5 Å². The number of nitrogens with zero attached hydrogens (tertiary/aromatic N) is 1. The van der Waals surface area contributed by atoms with Crippen molar-refractivity contribution in [2.24, 2.45) is 4.99 Å². The summed E-state index contributed by atoms with van der Waals surface area (Å²) in [7, 11) is 0. The van der Waals surface area contributed by atoms with Crippen LogP contribution >= 0.6 is 11.8 Å². The van der Waals surface area contributed by atoms with Crippen LogP contribution in [0, 0.1) is 12.7 Å². The van der Waals surface area contributed by atoms with Crippen molar-refractivity contribution in [2.75, 3.05) is 12.3 Å². The van der Waals surface area contributed by atoms with Gasteiger partial charge < -0.3 is 9.52 Å². The molecule has 1 N–H and O–H groups in total. The van der Waals surface area contributed by atoms with Crippen molar-refractivity contribution in [1.29, 1.82) is 0 Å². The molecule has 2 heterocycles. The highest BCUT2D eigenvalue weighted by Gasteiger charge is 2.23. The Morgan fingerprint density at radius 3 is 2.78 bits per heavy atom. The van der Waals surface area contributed by atoms with E-state index < -0.39 is 5.63 Å². The Labute approximate surface area is 137 Å². The zero-order chi connectivity index (χ0) is 16.4. The fraction of sp³-hybridized carbons (Fsp3) is 0.294. The number of aliphatic imine (C=N–C) groups is 1.